The number of aliphatic imine (C=N–C) groups is 1. The minimum atomic E-state index is -0.185. The van der Waals surface area contributed by atoms with Crippen LogP contribution in [0.25, 0.3) is 0 Å². The van der Waals surface area contributed by atoms with E-state index in [1.807, 2.05) is 74.5 Å². The van der Waals surface area contributed by atoms with Gasteiger partial charge in [0.2, 0.25) is 0 Å². The quantitative estimate of drug-likeness (QED) is 0.213. The Morgan fingerprint density at radius 2 is 1.67 bits per heavy atom. The lowest BCUT2D eigenvalue weighted by atomic mass is 9.87. The summed E-state index contributed by atoms with van der Waals surface area (Å²) >= 11 is 0. The molecule has 3 aromatic rings. The molecule has 0 aliphatic heterocycles. The molecule has 0 heterocycles. The number of carbonyl (C=O) groups excluding carboxylic acids is 2. The standard InChI is InChI=1S/C31H36N2O3/c1-7-10-29(33-30(35)22-13-16-24(17-14-22)31(3,4)5)32-25-18-15-23(28(20-25)36-6)19-27(34)26-12-9-8-11-21(26)2/h8-9,11-18,20H,7,10,19H2,1-6H3,(H,32,33,35). The van der Waals surface area contributed by atoms with Gasteiger partial charge < -0.3 is 10.1 Å². The zero-order valence-electron chi connectivity index (χ0n) is 22.1. The van der Waals surface area contributed by atoms with Crippen LogP contribution in [0.3, 0.4) is 0 Å². The van der Waals surface area contributed by atoms with Gasteiger partial charge in [-0.1, -0.05) is 70.2 Å². The molecule has 3 rings (SSSR count). The monoisotopic (exact) mass is 484 g/mol. The van der Waals surface area contributed by atoms with Crippen molar-refractivity contribution in [1.29, 1.82) is 0 Å². The number of Topliss-reactive ketones (excluding diaryl/α,β-unsaturated/α-hetero) is 1. The number of amidine groups is 1. The van der Waals surface area contributed by atoms with E-state index in [2.05, 4.69) is 26.1 Å². The van der Waals surface area contributed by atoms with Crippen LogP contribution in [0.4, 0.5) is 5.69 Å². The van der Waals surface area contributed by atoms with Gasteiger partial charge in [-0.15, -0.1) is 0 Å². The van der Waals surface area contributed by atoms with Crippen LogP contribution in [0.2, 0.25) is 0 Å². The Balaban J connectivity index is 1.79. The number of carbonyl (C=O) groups is 2. The van der Waals surface area contributed by atoms with Gasteiger partial charge >= 0.3 is 0 Å². The fourth-order valence-corrected chi connectivity index (χ4v) is 3.97. The Morgan fingerprint density at radius 3 is 2.28 bits per heavy atom. The van der Waals surface area contributed by atoms with Crippen molar-refractivity contribution in [2.75, 3.05) is 7.11 Å². The van der Waals surface area contributed by atoms with Crippen molar-refractivity contribution >= 4 is 23.2 Å². The van der Waals surface area contributed by atoms with Crippen molar-refractivity contribution in [1.82, 2.24) is 5.32 Å². The number of nitrogens with one attached hydrogen (secondary N) is 1. The molecule has 0 aliphatic carbocycles. The van der Waals surface area contributed by atoms with Crippen LogP contribution in [0.15, 0.2) is 71.7 Å². The highest BCUT2D eigenvalue weighted by molar-refractivity contribution is 6.07. The molecule has 0 aliphatic rings. The zero-order valence-corrected chi connectivity index (χ0v) is 22.1. The number of hydrogen-bond acceptors (Lipinski definition) is 4. The van der Waals surface area contributed by atoms with Crippen LogP contribution in [0.1, 0.15) is 77.9 Å². The Kier molecular flexibility index (Phi) is 8.81. The molecule has 1 N–H and O–H groups in total. The van der Waals surface area contributed by atoms with E-state index in [4.69, 9.17) is 9.73 Å². The van der Waals surface area contributed by atoms with Crippen molar-refractivity contribution in [2.24, 2.45) is 4.99 Å². The second-order valence-electron chi connectivity index (χ2n) is 10.0. The molecule has 0 spiro atoms. The summed E-state index contributed by atoms with van der Waals surface area (Å²) in [7, 11) is 1.58. The highest BCUT2D eigenvalue weighted by Crippen LogP contribution is 2.27. The van der Waals surface area contributed by atoms with Crippen LogP contribution < -0.4 is 10.1 Å². The molecular weight excluding hydrogens is 448 g/mol. The average Bonchev–Trinajstić information content (AvgIpc) is 2.84. The van der Waals surface area contributed by atoms with Crippen LogP contribution in [0.5, 0.6) is 5.75 Å². The molecule has 5 nitrogen and oxygen atoms in total. The van der Waals surface area contributed by atoms with Gasteiger partial charge in [-0.2, -0.15) is 0 Å². The first-order valence-electron chi connectivity index (χ1n) is 12.4. The number of methoxy groups -OCH3 is 1. The predicted octanol–water partition coefficient (Wildman–Crippen LogP) is 6.99. The van der Waals surface area contributed by atoms with Gasteiger partial charge in [-0.3, -0.25) is 9.59 Å². The Bertz CT molecular complexity index is 1250. The summed E-state index contributed by atoms with van der Waals surface area (Å²) in [6, 6.07) is 20.8. The normalized spacial score (nSPS) is 11.8. The van der Waals surface area contributed by atoms with Crippen LogP contribution >= 0.6 is 0 Å². The van der Waals surface area contributed by atoms with E-state index in [1.165, 1.54) is 5.56 Å². The molecule has 1 amide bonds. The van der Waals surface area contributed by atoms with Crippen molar-refractivity contribution in [3.63, 3.8) is 0 Å². The minimum absolute atomic E-state index is 0.0274. The second-order valence-corrected chi connectivity index (χ2v) is 10.0. The van der Waals surface area contributed by atoms with E-state index in [0.29, 0.717) is 34.8 Å². The van der Waals surface area contributed by atoms with E-state index in [0.717, 1.165) is 17.5 Å². The summed E-state index contributed by atoms with van der Waals surface area (Å²) in [5, 5.41) is 2.97. The summed E-state index contributed by atoms with van der Waals surface area (Å²) in [4.78, 5) is 30.4. The third-order valence-corrected chi connectivity index (χ3v) is 6.09. The molecule has 0 aromatic heterocycles. The first-order chi connectivity index (χ1) is 17.1. The lowest BCUT2D eigenvalue weighted by Crippen LogP contribution is -2.30. The fraction of sp³-hybridized carbons (Fsp3) is 0.323. The molecule has 3 aromatic carbocycles. The Morgan fingerprint density at radius 1 is 0.972 bits per heavy atom. The largest absolute Gasteiger partial charge is 0.496 e. The number of amides is 1. The van der Waals surface area contributed by atoms with Gasteiger partial charge in [0.05, 0.1) is 12.8 Å². The van der Waals surface area contributed by atoms with Crippen LogP contribution in [0, 0.1) is 6.92 Å². The van der Waals surface area contributed by atoms with E-state index < -0.39 is 0 Å². The molecule has 5 heteroatoms. The number of nitrogens with zero attached hydrogens (tertiary/aromatic N) is 1. The van der Waals surface area contributed by atoms with E-state index >= 15 is 0 Å². The van der Waals surface area contributed by atoms with Gasteiger partial charge in [0.1, 0.15) is 11.6 Å². The first-order valence-corrected chi connectivity index (χ1v) is 12.4. The molecule has 0 unspecified atom stereocenters. The molecule has 0 saturated carbocycles. The molecule has 188 valence electrons. The molecule has 0 bridgehead atoms. The third-order valence-electron chi connectivity index (χ3n) is 6.09. The molecular formula is C31H36N2O3. The van der Waals surface area contributed by atoms with E-state index in [-0.39, 0.29) is 23.5 Å². The van der Waals surface area contributed by atoms with Crippen LogP contribution in [-0.4, -0.2) is 24.6 Å². The topological polar surface area (TPSA) is 67.8 Å². The van der Waals surface area contributed by atoms with Crippen molar-refractivity contribution in [3.05, 3.63) is 94.5 Å². The Hall–Kier alpha value is -3.73. The summed E-state index contributed by atoms with van der Waals surface area (Å²) in [6.45, 7) is 10.4. The van der Waals surface area contributed by atoms with Gasteiger partial charge in [-0.25, -0.2) is 4.99 Å². The number of rotatable bonds is 8. The maximum atomic E-state index is 12.9. The molecule has 0 atom stereocenters. The number of aryl methyl sites for hydroxylation is 1. The maximum absolute atomic E-state index is 12.9. The van der Waals surface area contributed by atoms with Crippen molar-refractivity contribution in [2.45, 2.75) is 59.3 Å². The zero-order chi connectivity index (χ0) is 26.3. The van der Waals surface area contributed by atoms with Crippen molar-refractivity contribution < 1.29 is 14.3 Å². The average molecular weight is 485 g/mol. The SMILES string of the molecule is CCCC(=Nc1ccc(CC(=O)c2ccccc2C)c(OC)c1)NC(=O)c1ccc(C(C)(C)C)cc1. The number of ketones is 1. The fourth-order valence-electron chi connectivity index (χ4n) is 3.97. The number of benzene rings is 3. The van der Waals surface area contributed by atoms with E-state index in [9.17, 15) is 9.59 Å². The Labute approximate surface area is 214 Å². The van der Waals surface area contributed by atoms with Crippen molar-refractivity contribution in [3.8, 4) is 5.75 Å². The van der Waals surface area contributed by atoms with E-state index in [1.54, 1.807) is 13.2 Å². The lowest BCUT2D eigenvalue weighted by Gasteiger charge is -2.19. The second kappa shape index (κ2) is 11.8. The third kappa shape index (κ3) is 6.91. The van der Waals surface area contributed by atoms with Gasteiger partial charge in [0.25, 0.3) is 5.91 Å². The summed E-state index contributed by atoms with van der Waals surface area (Å²) in [5.74, 6) is 1.04. The lowest BCUT2D eigenvalue weighted by molar-refractivity contribution is 0.0972. The molecule has 36 heavy (non-hydrogen) atoms. The first kappa shape index (κ1) is 26.9. The van der Waals surface area contributed by atoms with Gasteiger partial charge in [-0.05, 0) is 48.1 Å². The highest BCUT2D eigenvalue weighted by atomic mass is 16.5. The molecule has 0 radical (unpaired) electrons. The maximum Gasteiger partial charge on any atom is 0.256 e. The summed E-state index contributed by atoms with van der Waals surface area (Å²) < 4.78 is 5.57. The summed E-state index contributed by atoms with van der Waals surface area (Å²) in [6.07, 6.45) is 1.70. The molecule has 0 fully saturated rings. The highest BCUT2D eigenvalue weighted by Gasteiger charge is 2.16. The molecule has 0 saturated heterocycles. The predicted molar refractivity (Wildman–Crippen MR) is 147 cm³/mol. The number of ether oxygens (including phenoxy) is 1. The minimum Gasteiger partial charge on any atom is -0.496 e. The number of hydrogen-bond donors (Lipinski definition) is 1. The summed E-state index contributed by atoms with van der Waals surface area (Å²) in [5.41, 5.74) is 4.92. The van der Waals surface area contributed by atoms with Crippen LogP contribution in [-0.2, 0) is 11.8 Å². The smallest absolute Gasteiger partial charge is 0.256 e. The van der Waals surface area contributed by atoms with Gasteiger partial charge in [0, 0.05) is 35.6 Å². The van der Waals surface area contributed by atoms with Gasteiger partial charge in [0.15, 0.2) is 5.78 Å².